The highest BCUT2D eigenvalue weighted by Gasteiger charge is 2.35. The van der Waals surface area contributed by atoms with Crippen molar-refractivity contribution in [3.05, 3.63) is 76.1 Å². The van der Waals surface area contributed by atoms with E-state index in [-0.39, 0.29) is 11.9 Å². The summed E-state index contributed by atoms with van der Waals surface area (Å²) in [5.74, 6) is 0.677. The van der Waals surface area contributed by atoms with Crippen LogP contribution in [0.3, 0.4) is 0 Å². The molecule has 1 aliphatic rings. The molecule has 0 aliphatic carbocycles. The van der Waals surface area contributed by atoms with Gasteiger partial charge in [-0.25, -0.2) is 4.79 Å². The molecule has 1 fully saturated rings. The Balaban J connectivity index is 1.49. The number of thiocarbonyl (C=S) groups is 1. The second kappa shape index (κ2) is 9.80. The van der Waals surface area contributed by atoms with E-state index in [9.17, 15) is 9.59 Å². The van der Waals surface area contributed by atoms with Gasteiger partial charge in [0.2, 0.25) is 0 Å². The number of benzene rings is 1. The molecule has 4 rings (SSSR count). The third-order valence-corrected chi connectivity index (χ3v) is 6.53. The third-order valence-electron chi connectivity index (χ3n) is 5.24. The highest BCUT2D eigenvalue weighted by molar-refractivity contribution is 8.27. The van der Waals surface area contributed by atoms with Gasteiger partial charge in [0, 0.05) is 23.0 Å². The van der Waals surface area contributed by atoms with Gasteiger partial charge in [-0.3, -0.25) is 9.47 Å². The summed E-state index contributed by atoms with van der Waals surface area (Å²) in [7, 11) is 0. The summed E-state index contributed by atoms with van der Waals surface area (Å²) >= 11 is 6.71. The molecule has 8 heteroatoms. The lowest BCUT2D eigenvalue weighted by molar-refractivity contribution is -0.114. The third kappa shape index (κ3) is 4.82. The van der Waals surface area contributed by atoms with E-state index in [1.165, 1.54) is 16.8 Å². The molecule has 33 heavy (non-hydrogen) atoms. The fraction of sp³-hybridized carbons (Fsp3) is 0.240. The summed E-state index contributed by atoms with van der Waals surface area (Å²) in [6.45, 7) is 6.34. The zero-order valence-electron chi connectivity index (χ0n) is 18.7. The highest BCUT2D eigenvalue weighted by atomic mass is 32.2. The van der Waals surface area contributed by atoms with Crippen molar-refractivity contribution < 1.29 is 18.7 Å². The van der Waals surface area contributed by atoms with Crippen molar-refractivity contribution in [3.63, 3.8) is 0 Å². The Morgan fingerprint density at radius 2 is 1.79 bits per heavy atom. The molecular weight excluding hydrogens is 456 g/mol. The number of nitrogens with zero attached hydrogens (tertiary/aromatic N) is 2. The first-order valence-corrected chi connectivity index (χ1v) is 11.9. The minimum Gasteiger partial charge on any atom is -0.462 e. The predicted octanol–water partition coefficient (Wildman–Crippen LogP) is 5.86. The molecule has 6 nitrogen and oxygen atoms in total. The van der Waals surface area contributed by atoms with E-state index < -0.39 is 0 Å². The summed E-state index contributed by atoms with van der Waals surface area (Å²) in [5.41, 5.74) is 3.19. The molecule has 1 aliphatic heterocycles. The SMILES string of the molecule is CCCCOC(=O)c1ccc(-c2ccc(C=C3SC(=S)N(n4c(C)ccc4C)C3=O)o2)cc1. The zero-order valence-corrected chi connectivity index (χ0v) is 20.3. The smallest absolute Gasteiger partial charge is 0.338 e. The fourth-order valence-electron chi connectivity index (χ4n) is 3.49. The van der Waals surface area contributed by atoms with Crippen molar-refractivity contribution in [1.82, 2.24) is 4.68 Å². The normalized spacial score (nSPS) is 15.0. The monoisotopic (exact) mass is 480 g/mol. The van der Waals surface area contributed by atoms with Crippen LogP contribution in [0, 0.1) is 13.8 Å². The molecule has 0 saturated carbocycles. The van der Waals surface area contributed by atoms with Gasteiger partial charge in [0.25, 0.3) is 5.91 Å². The quantitative estimate of drug-likeness (QED) is 0.183. The van der Waals surface area contributed by atoms with E-state index >= 15 is 0 Å². The van der Waals surface area contributed by atoms with E-state index in [1.807, 2.05) is 55.8 Å². The minimum absolute atomic E-state index is 0.184. The first-order valence-electron chi connectivity index (χ1n) is 10.7. The molecule has 1 saturated heterocycles. The van der Waals surface area contributed by atoms with Gasteiger partial charge in [0.15, 0.2) is 4.32 Å². The van der Waals surface area contributed by atoms with Gasteiger partial charge in [-0.1, -0.05) is 37.2 Å². The Hall–Kier alpha value is -3.10. The van der Waals surface area contributed by atoms with E-state index in [1.54, 1.807) is 24.3 Å². The van der Waals surface area contributed by atoms with Crippen molar-refractivity contribution in [1.29, 1.82) is 0 Å². The number of aromatic nitrogens is 1. The van der Waals surface area contributed by atoms with Crippen LogP contribution in [0.4, 0.5) is 0 Å². The number of ether oxygens (including phenoxy) is 1. The average molecular weight is 481 g/mol. The van der Waals surface area contributed by atoms with E-state index in [4.69, 9.17) is 21.4 Å². The van der Waals surface area contributed by atoms with Crippen molar-refractivity contribution >= 4 is 46.3 Å². The second-order valence-electron chi connectivity index (χ2n) is 7.69. The number of aryl methyl sites for hydroxylation is 2. The lowest BCUT2D eigenvalue weighted by Gasteiger charge is -2.20. The molecule has 0 atom stereocenters. The van der Waals surface area contributed by atoms with Crippen LogP contribution in [0.25, 0.3) is 17.4 Å². The van der Waals surface area contributed by atoms with Crippen LogP contribution in [0.5, 0.6) is 0 Å². The van der Waals surface area contributed by atoms with Crippen LogP contribution in [-0.4, -0.2) is 27.5 Å². The number of hydrogen-bond acceptors (Lipinski definition) is 6. The highest BCUT2D eigenvalue weighted by Crippen LogP contribution is 2.34. The molecule has 0 bridgehead atoms. The number of furan rings is 1. The molecule has 2 aromatic heterocycles. The molecule has 3 aromatic rings. The standard InChI is InChI=1S/C25H24N2O4S2/c1-4-5-14-30-24(29)19-10-8-18(9-11-19)21-13-12-20(31-21)15-22-23(28)27(25(32)33-22)26-16(2)6-7-17(26)3/h6-13,15H,4-5,14H2,1-3H3. The van der Waals surface area contributed by atoms with Crippen molar-refractivity contribution in [2.45, 2.75) is 33.6 Å². The van der Waals surface area contributed by atoms with Crippen molar-refractivity contribution in [2.75, 3.05) is 11.6 Å². The molecule has 0 unspecified atom stereocenters. The minimum atomic E-state index is -0.328. The molecule has 3 heterocycles. The van der Waals surface area contributed by atoms with Gasteiger partial charge in [-0.15, -0.1) is 0 Å². The predicted molar refractivity (Wildman–Crippen MR) is 135 cm³/mol. The van der Waals surface area contributed by atoms with Gasteiger partial charge in [0.1, 0.15) is 11.5 Å². The van der Waals surface area contributed by atoms with Crippen LogP contribution >= 0.6 is 24.0 Å². The molecule has 0 spiro atoms. The van der Waals surface area contributed by atoms with E-state index in [0.717, 1.165) is 29.8 Å². The van der Waals surface area contributed by atoms with Crippen LogP contribution in [-0.2, 0) is 9.53 Å². The van der Waals surface area contributed by atoms with Crippen molar-refractivity contribution in [2.24, 2.45) is 0 Å². The summed E-state index contributed by atoms with van der Waals surface area (Å²) in [5, 5.41) is 1.51. The molecule has 1 amide bonds. The summed E-state index contributed by atoms with van der Waals surface area (Å²) in [6, 6.07) is 14.6. The molecule has 0 radical (unpaired) electrons. The second-order valence-corrected chi connectivity index (χ2v) is 9.37. The van der Waals surface area contributed by atoms with Gasteiger partial charge >= 0.3 is 5.97 Å². The molecular formula is C25H24N2O4S2. The lowest BCUT2D eigenvalue weighted by atomic mass is 10.1. The maximum absolute atomic E-state index is 13.0. The Morgan fingerprint density at radius 1 is 1.09 bits per heavy atom. The van der Waals surface area contributed by atoms with Gasteiger partial charge in [-0.05, 0) is 68.9 Å². The van der Waals surface area contributed by atoms with Crippen molar-refractivity contribution in [3.8, 4) is 11.3 Å². The Bertz CT molecular complexity index is 1220. The van der Waals surface area contributed by atoms with Crippen LogP contribution < -0.4 is 5.01 Å². The Morgan fingerprint density at radius 3 is 2.45 bits per heavy atom. The summed E-state index contributed by atoms with van der Waals surface area (Å²) < 4.78 is 13.5. The molecule has 0 N–H and O–H groups in total. The number of unbranched alkanes of at least 4 members (excludes halogenated alkanes) is 1. The first-order chi connectivity index (χ1) is 15.9. The van der Waals surface area contributed by atoms with Crippen LogP contribution in [0.15, 0.2) is 57.9 Å². The van der Waals surface area contributed by atoms with E-state index in [0.29, 0.717) is 32.9 Å². The number of rotatable bonds is 7. The Labute approximate surface area is 202 Å². The lowest BCUT2D eigenvalue weighted by Crippen LogP contribution is -2.39. The van der Waals surface area contributed by atoms with E-state index in [2.05, 4.69) is 0 Å². The van der Waals surface area contributed by atoms with Gasteiger partial charge in [0.05, 0.1) is 17.1 Å². The number of carbonyl (C=O) groups excluding carboxylic acids is 2. The number of carbonyl (C=O) groups is 2. The van der Waals surface area contributed by atoms with Crippen LogP contribution in [0.1, 0.15) is 47.3 Å². The van der Waals surface area contributed by atoms with Gasteiger partial charge in [-0.2, -0.15) is 5.01 Å². The number of thioether (sulfide) groups is 1. The number of amides is 1. The maximum Gasteiger partial charge on any atom is 0.338 e. The largest absolute Gasteiger partial charge is 0.462 e. The maximum atomic E-state index is 13.0. The number of esters is 1. The fourth-order valence-corrected chi connectivity index (χ4v) is 4.71. The number of hydrogen-bond donors (Lipinski definition) is 0. The van der Waals surface area contributed by atoms with Crippen LogP contribution in [0.2, 0.25) is 0 Å². The first kappa shape index (κ1) is 23.1. The topological polar surface area (TPSA) is 64.7 Å². The molecule has 170 valence electrons. The summed E-state index contributed by atoms with van der Waals surface area (Å²) in [6.07, 6.45) is 3.53. The average Bonchev–Trinajstić information content (AvgIpc) is 3.47. The molecule has 1 aromatic carbocycles. The Kier molecular flexibility index (Phi) is 6.85. The summed E-state index contributed by atoms with van der Waals surface area (Å²) in [4.78, 5) is 25.6. The zero-order chi connectivity index (χ0) is 23.5. The van der Waals surface area contributed by atoms with Gasteiger partial charge < -0.3 is 9.15 Å².